The van der Waals surface area contributed by atoms with Crippen LogP contribution in [-0.4, -0.2) is 11.2 Å². The molecule has 0 bridgehead atoms. The van der Waals surface area contributed by atoms with Gasteiger partial charge in [-0.25, -0.2) is 0 Å². The van der Waals surface area contributed by atoms with Gasteiger partial charge in [-0.3, -0.25) is 0 Å². The van der Waals surface area contributed by atoms with Gasteiger partial charge in [-0.15, -0.1) is 0 Å². The number of nitrogens with zero attached hydrogens (tertiary/aromatic N) is 1. The zero-order valence-corrected chi connectivity index (χ0v) is 11.1. The molecule has 2 N–H and O–H groups in total. The summed E-state index contributed by atoms with van der Waals surface area (Å²) in [4.78, 5) is 0. The molecule has 3 rings (SSSR count). The van der Waals surface area contributed by atoms with Crippen LogP contribution in [0.1, 0.15) is 37.1 Å². The lowest BCUT2D eigenvalue weighted by molar-refractivity contribution is 0.340. The molecule has 1 heterocycles. The highest BCUT2D eigenvalue weighted by molar-refractivity contribution is 5.87. The average molecular weight is 244 g/mol. The third kappa shape index (κ3) is 1.62. The van der Waals surface area contributed by atoms with Crippen LogP contribution >= 0.6 is 0 Å². The van der Waals surface area contributed by atoms with Crippen molar-refractivity contribution in [2.45, 2.75) is 32.2 Å². The Balaban J connectivity index is 2.23. The van der Waals surface area contributed by atoms with E-state index >= 15 is 0 Å². The van der Waals surface area contributed by atoms with E-state index in [0.717, 1.165) is 18.6 Å². The summed E-state index contributed by atoms with van der Waals surface area (Å²) < 4.78 is 7.85. The lowest BCUT2D eigenvalue weighted by Gasteiger charge is -2.20. The van der Waals surface area contributed by atoms with Crippen LogP contribution in [0, 0.1) is 0 Å². The first kappa shape index (κ1) is 11.6. The second-order valence-corrected chi connectivity index (χ2v) is 5.03. The van der Waals surface area contributed by atoms with Crippen molar-refractivity contribution < 1.29 is 4.74 Å². The number of aryl methyl sites for hydroxylation is 2. The fraction of sp³-hybridized carbons (Fsp3) is 0.467. The molecule has 0 radical (unpaired) electrons. The quantitative estimate of drug-likeness (QED) is 0.882. The molecule has 0 saturated carbocycles. The second-order valence-electron chi connectivity index (χ2n) is 5.03. The van der Waals surface area contributed by atoms with Crippen LogP contribution in [-0.2, 0) is 13.5 Å². The molecule has 1 aliphatic carbocycles. The fourth-order valence-electron chi connectivity index (χ4n) is 3.15. The molecule has 0 aliphatic heterocycles. The Morgan fingerprint density at radius 3 is 3.06 bits per heavy atom. The number of benzene rings is 1. The van der Waals surface area contributed by atoms with Crippen LogP contribution in [0.2, 0.25) is 0 Å². The molecule has 3 heteroatoms. The van der Waals surface area contributed by atoms with E-state index < -0.39 is 0 Å². The monoisotopic (exact) mass is 244 g/mol. The zero-order chi connectivity index (χ0) is 12.7. The molecule has 1 atom stereocenters. The van der Waals surface area contributed by atoms with Gasteiger partial charge in [0.1, 0.15) is 5.75 Å². The molecule has 0 saturated heterocycles. The molecule has 1 aromatic heterocycles. The molecule has 1 aromatic carbocycles. The second kappa shape index (κ2) is 4.32. The molecule has 1 aliphatic rings. The Morgan fingerprint density at radius 2 is 2.28 bits per heavy atom. The smallest absolute Gasteiger partial charge is 0.120 e. The lowest BCUT2D eigenvalue weighted by Crippen LogP contribution is -2.19. The average Bonchev–Trinajstić information content (AvgIpc) is 2.65. The summed E-state index contributed by atoms with van der Waals surface area (Å²) in [6, 6.07) is 6.53. The summed E-state index contributed by atoms with van der Waals surface area (Å²) in [5.74, 6) is 0.956. The molecule has 18 heavy (non-hydrogen) atoms. The van der Waals surface area contributed by atoms with Crippen LogP contribution in [0.3, 0.4) is 0 Å². The highest BCUT2D eigenvalue weighted by Crippen LogP contribution is 2.36. The van der Waals surface area contributed by atoms with Crippen molar-refractivity contribution in [3.05, 3.63) is 29.5 Å². The summed E-state index contributed by atoms with van der Waals surface area (Å²) >= 11 is 0. The minimum absolute atomic E-state index is 0.182. The van der Waals surface area contributed by atoms with Crippen molar-refractivity contribution in [2.75, 3.05) is 6.61 Å². The summed E-state index contributed by atoms with van der Waals surface area (Å²) in [7, 11) is 2.12. The molecule has 96 valence electrons. The lowest BCUT2D eigenvalue weighted by atomic mass is 9.92. The minimum atomic E-state index is 0.182. The number of hydrogen-bond acceptors (Lipinski definition) is 2. The van der Waals surface area contributed by atoms with E-state index in [1.165, 1.54) is 28.6 Å². The Morgan fingerprint density at radius 1 is 1.44 bits per heavy atom. The highest BCUT2D eigenvalue weighted by Gasteiger charge is 2.23. The third-order valence-electron chi connectivity index (χ3n) is 3.93. The normalized spacial score (nSPS) is 18.9. The van der Waals surface area contributed by atoms with Gasteiger partial charge in [-0.05, 0) is 49.9 Å². The van der Waals surface area contributed by atoms with Gasteiger partial charge in [0.25, 0.3) is 0 Å². The Labute approximate surface area is 108 Å². The number of nitrogens with two attached hydrogens (primary N) is 1. The molecule has 2 aromatic rings. The Bertz CT molecular complexity index is 586. The van der Waals surface area contributed by atoms with E-state index in [9.17, 15) is 0 Å². The predicted molar refractivity (Wildman–Crippen MR) is 74.0 cm³/mol. The molecule has 1 unspecified atom stereocenters. The summed E-state index contributed by atoms with van der Waals surface area (Å²) in [5, 5.41) is 1.31. The summed E-state index contributed by atoms with van der Waals surface area (Å²) in [6.45, 7) is 2.72. The SMILES string of the molecule is CCOc1ccc2c(c1)c1c(n2C)C(N)CCC1. The molecule has 0 spiro atoms. The van der Waals surface area contributed by atoms with Crippen molar-refractivity contribution in [1.29, 1.82) is 0 Å². The number of aromatic nitrogens is 1. The first-order valence-corrected chi connectivity index (χ1v) is 6.72. The van der Waals surface area contributed by atoms with Crippen molar-refractivity contribution in [3.8, 4) is 5.75 Å². The van der Waals surface area contributed by atoms with Gasteiger partial charge >= 0.3 is 0 Å². The van der Waals surface area contributed by atoms with E-state index in [2.05, 4.69) is 23.7 Å². The van der Waals surface area contributed by atoms with E-state index in [-0.39, 0.29) is 6.04 Å². The summed E-state index contributed by atoms with van der Waals surface area (Å²) in [6.07, 6.45) is 3.41. The number of rotatable bonds is 2. The van der Waals surface area contributed by atoms with Crippen molar-refractivity contribution in [3.63, 3.8) is 0 Å². The first-order chi connectivity index (χ1) is 8.72. The topological polar surface area (TPSA) is 40.2 Å². The zero-order valence-electron chi connectivity index (χ0n) is 11.1. The molecule has 0 fully saturated rings. The predicted octanol–water partition coefficient (Wildman–Crippen LogP) is 2.91. The maximum atomic E-state index is 6.26. The van der Waals surface area contributed by atoms with E-state index in [1.54, 1.807) is 0 Å². The standard InChI is InChI=1S/C15H20N2O/c1-3-18-10-7-8-14-12(9-10)11-5-4-6-13(16)15(11)17(14)2/h7-9,13H,3-6,16H2,1-2H3. The van der Waals surface area contributed by atoms with Crippen LogP contribution < -0.4 is 10.5 Å². The van der Waals surface area contributed by atoms with Gasteiger partial charge in [-0.2, -0.15) is 0 Å². The third-order valence-corrected chi connectivity index (χ3v) is 3.93. The molecular formula is C15H20N2O. The number of fused-ring (bicyclic) bond motifs is 3. The molecule has 3 nitrogen and oxygen atoms in total. The van der Waals surface area contributed by atoms with Crippen LogP contribution in [0.4, 0.5) is 0 Å². The van der Waals surface area contributed by atoms with E-state index in [0.29, 0.717) is 6.61 Å². The van der Waals surface area contributed by atoms with Crippen molar-refractivity contribution >= 4 is 10.9 Å². The van der Waals surface area contributed by atoms with E-state index in [1.807, 2.05) is 13.0 Å². The van der Waals surface area contributed by atoms with Gasteiger partial charge in [0.05, 0.1) is 6.61 Å². The van der Waals surface area contributed by atoms with Crippen molar-refractivity contribution in [2.24, 2.45) is 12.8 Å². The number of ether oxygens (including phenoxy) is 1. The largest absolute Gasteiger partial charge is 0.494 e. The minimum Gasteiger partial charge on any atom is -0.494 e. The Hall–Kier alpha value is -1.48. The van der Waals surface area contributed by atoms with Crippen LogP contribution in [0.25, 0.3) is 10.9 Å². The highest BCUT2D eigenvalue weighted by atomic mass is 16.5. The van der Waals surface area contributed by atoms with Gasteiger partial charge in [0, 0.05) is 29.7 Å². The van der Waals surface area contributed by atoms with Gasteiger partial charge in [0.2, 0.25) is 0 Å². The van der Waals surface area contributed by atoms with Gasteiger partial charge in [0.15, 0.2) is 0 Å². The maximum Gasteiger partial charge on any atom is 0.120 e. The van der Waals surface area contributed by atoms with Gasteiger partial charge in [-0.1, -0.05) is 0 Å². The van der Waals surface area contributed by atoms with Gasteiger partial charge < -0.3 is 15.0 Å². The number of hydrogen-bond donors (Lipinski definition) is 1. The fourth-order valence-corrected chi connectivity index (χ4v) is 3.15. The van der Waals surface area contributed by atoms with E-state index in [4.69, 9.17) is 10.5 Å². The molecule has 0 amide bonds. The summed E-state index contributed by atoms with van der Waals surface area (Å²) in [5.41, 5.74) is 10.3. The van der Waals surface area contributed by atoms with Crippen LogP contribution in [0.5, 0.6) is 5.75 Å². The maximum absolute atomic E-state index is 6.26. The van der Waals surface area contributed by atoms with Crippen LogP contribution in [0.15, 0.2) is 18.2 Å². The van der Waals surface area contributed by atoms with Crippen molar-refractivity contribution in [1.82, 2.24) is 4.57 Å². The Kier molecular flexibility index (Phi) is 2.78. The molecular weight excluding hydrogens is 224 g/mol. The first-order valence-electron chi connectivity index (χ1n) is 6.72.